The third-order valence-electron chi connectivity index (χ3n) is 2.94. The van der Waals surface area contributed by atoms with Gasteiger partial charge in [-0.05, 0) is 32.3 Å². The highest BCUT2D eigenvalue weighted by Crippen LogP contribution is 2.21. The Morgan fingerprint density at radius 2 is 2.42 bits per heavy atom. The maximum atomic E-state index is 11.6. The maximum Gasteiger partial charge on any atom is 0.507 e. The second kappa shape index (κ2) is 6.18. The first-order chi connectivity index (χ1) is 9.13. The summed E-state index contributed by atoms with van der Waals surface area (Å²) in [7, 11) is -1.71. The standard InChI is InChI=1S/C11H17BN2O5/c1-2-18-11(15)8-7-9(12(16)17)14(13-8)10-5-3-4-6-19-10/h7,10,16-17H,2-6H2,1H3. The number of carbonyl (C=O) groups excluding carboxylic acids is 1. The summed E-state index contributed by atoms with van der Waals surface area (Å²) in [5, 5.41) is 22.8. The highest BCUT2D eigenvalue weighted by atomic mass is 16.5. The summed E-state index contributed by atoms with van der Waals surface area (Å²) in [4.78, 5) is 11.6. The van der Waals surface area contributed by atoms with E-state index in [0.717, 1.165) is 19.3 Å². The molecule has 104 valence electrons. The molecule has 8 heteroatoms. The van der Waals surface area contributed by atoms with Crippen molar-refractivity contribution in [2.45, 2.75) is 32.4 Å². The number of nitrogens with zero attached hydrogens (tertiary/aromatic N) is 2. The molecule has 1 fully saturated rings. The molecule has 0 bridgehead atoms. The topological polar surface area (TPSA) is 93.8 Å². The Morgan fingerprint density at radius 3 is 3.00 bits per heavy atom. The molecule has 1 aromatic rings. The predicted molar refractivity (Wildman–Crippen MR) is 66.8 cm³/mol. The number of ether oxygens (including phenoxy) is 2. The van der Waals surface area contributed by atoms with E-state index in [-0.39, 0.29) is 24.1 Å². The van der Waals surface area contributed by atoms with Crippen molar-refractivity contribution >= 4 is 18.7 Å². The van der Waals surface area contributed by atoms with Crippen LogP contribution in [-0.4, -0.2) is 46.1 Å². The predicted octanol–water partition coefficient (Wildman–Crippen LogP) is -0.561. The minimum Gasteiger partial charge on any atom is -0.461 e. The quantitative estimate of drug-likeness (QED) is 0.561. The molecule has 2 heterocycles. The third kappa shape index (κ3) is 3.15. The number of rotatable bonds is 4. The lowest BCUT2D eigenvalue weighted by atomic mass is 9.85. The zero-order valence-electron chi connectivity index (χ0n) is 10.8. The average Bonchev–Trinajstić information content (AvgIpc) is 2.85. The Balaban J connectivity index is 2.27. The molecule has 0 saturated carbocycles. The van der Waals surface area contributed by atoms with Crippen molar-refractivity contribution in [1.29, 1.82) is 0 Å². The number of esters is 1. The Kier molecular flexibility index (Phi) is 4.57. The van der Waals surface area contributed by atoms with Gasteiger partial charge < -0.3 is 19.5 Å². The molecule has 1 aliphatic rings. The van der Waals surface area contributed by atoms with Gasteiger partial charge in [0.1, 0.15) is 6.23 Å². The first-order valence-electron chi connectivity index (χ1n) is 6.37. The Hall–Kier alpha value is -1.38. The van der Waals surface area contributed by atoms with E-state index in [1.807, 2.05) is 0 Å². The van der Waals surface area contributed by atoms with Crippen LogP contribution in [0.2, 0.25) is 0 Å². The minimum absolute atomic E-state index is 0.0547. The lowest BCUT2D eigenvalue weighted by molar-refractivity contribution is -0.0381. The van der Waals surface area contributed by atoms with E-state index in [1.165, 1.54) is 10.7 Å². The molecular formula is C11H17BN2O5. The van der Waals surface area contributed by atoms with E-state index in [2.05, 4.69) is 5.10 Å². The molecule has 19 heavy (non-hydrogen) atoms. The molecule has 0 spiro atoms. The average molecular weight is 268 g/mol. The summed E-state index contributed by atoms with van der Waals surface area (Å²) in [5.74, 6) is -0.584. The summed E-state index contributed by atoms with van der Waals surface area (Å²) in [6, 6.07) is 1.32. The fourth-order valence-electron chi connectivity index (χ4n) is 2.05. The van der Waals surface area contributed by atoms with Gasteiger partial charge in [-0.25, -0.2) is 9.48 Å². The van der Waals surface area contributed by atoms with Crippen LogP contribution in [-0.2, 0) is 9.47 Å². The Morgan fingerprint density at radius 1 is 1.63 bits per heavy atom. The van der Waals surface area contributed by atoms with Crippen LogP contribution >= 0.6 is 0 Å². The molecule has 1 aliphatic heterocycles. The summed E-state index contributed by atoms with van der Waals surface area (Å²) < 4.78 is 11.7. The largest absolute Gasteiger partial charge is 0.507 e. The highest BCUT2D eigenvalue weighted by molar-refractivity contribution is 6.57. The van der Waals surface area contributed by atoms with Crippen LogP contribution in [0.5, 0.6) is 0 Å². The van der Waals surface area contributed by atoms with Gasteiger partial charge in [-0.2, -0.15) is 5.10 Å². The fourth-order valence-corrected chi connectivity index (χ4v) is 2.05. The van der Waals surface area contributed by atoms with Gasteiger partial charge in [0.25, 0.3) is 0 Å². The summed E-state index contributed by atoms with van der Waals surface area (Å²) in [6.07, 6.45) is 2.30. The van der Waals surface area contributed by atoms with Crippen molar-refractivity contribution < 1.29 is 24.3 Å². The zero-order chi connectivity index (χ0) is 13.8. The summed E-state index contributed by atoms with van der Waals surface area (Å²) in [5.41, 5.74) is 0.189. The number of hydrogen-bond donors (Lipinski definition) is 2. The first-order valence-corrected chi connectivity index (χ1v) is 6.37. The first kappa shape index (κ1) is 14.0. The molecule has 0 radical (unpaired) electrons. The van der Waals surface area contributed by atoms with Gasteiger partial charge in [-0.15, -0.1) is 0 Å². The van der Waals surface area contributed by atoms with Gasteiger partial charge in [0.2, 0.25) is 0 Å². The third-order valence-corrected chi connectivity index (χ3v) is 2.94. The SMILES string of the molecule is CCOC(=O)c1cc(B(O)O)n(C2CCCCO2)n1. The zero-order valence-corrected chi connectivity index (χ0v) is 10.8. The van der Waals surface area contributed by atoms with Gasteiger partial charge in [0.05, 0.1) is 12.2 Å². The fraction of sp³-hybridized carbons (Fsp3) is 0.636. The van der Waals surface area contributed by atoms with Crippen LogP contribution in [0.1, 0.15) is 42.9 Å². The molecule has 7 nitrogen and oxygen atoms in total. The Bertz CT molecular complexity index is 442. The van der Waals surface area contributed by atoms with Crippen molar-refractivity contribution in [3.8, 4) is 0 Å². The summed E-state index contributed by atoms with van der Waals surface area (Å²) in [6.45, 7) is 2.53. The second-order valence-electron chi connectivity index (χ2n) is 4.31. The smallest absolute Gasteiger partial charge is 0.461 e. The van der Waals surface area contributed by atoms with E-state index in [9.17, 15) is 14.8 Å². The van der Waals surface area contributed by atoms with Crippen LogP contribution in [0.15, 0.2) is 6.07 Å². The van der Waals surface area contributed by atoms with Crippen LogP contribution in [0.3, 0.4) is 0 Å². The van der Waals surface area contributed by atoms with E-state index >= 15 is 0 Å². The molecule has 0 aliphatic carbocycles. The van der Waals surface area contributed by atoms with Crippen molar-refractivity contribution in [3.05, 3.63) is 11.8 Å². The molecule has 2 N–H and O–H groups in total. The molecule has 1 unspecified atom stereocenters. The molecule has 0 aromatic carbocycles. The normalized spacial score (nSPS) is 19.2. The molecule has 2 rings (SSSR count). The molecule has 1 saturated heterocycles. The van der Waals surface area contributed by atoms with E-state index in [0.29, 0.717) is 6.61 Å². The van der Waals surface area contributed by atoms with Crippen LogP contribution in [0.4, 0.5) is 0 Å². The Labute approximate surface area is 111 Å². The van der Waals surface area contributed by atoms with Gasteiger partial charge >= 0.3 is 13.1 Å². The van der Waals surface area contributed by atoms with Gasteiger partial charge in [0, 0.05) is 6.61 Å². The number of aromatic nitrogens is 2. The molecule has 1 aromatic heterocycles. The van der Waals surface area contributed by atoms with Crippen molar-refractivity contribution in [2.75, 3.05) is 13.2 Å². The van der Waals surface area contributed by atoms with E-state index in [1.54, 1.807) is 6.92 Å². The number of carbonyl (C=O) groups is 1. The van der Waals surface area contributed by atoms with Crippen LogP contribution in [0, 0.1) is 0 Å². The maximum absolute atomic E-state index is 11.6. The molecule has 0 amide bonds. The molecular weight excluding hydrogens is 251 g/mol. The monoisotopic (exact) mass is 268 g/mol. The minimum atomic E-state index is -1.71. The summed E-state index contributed by atoms with van der Waals surface area (Å²) >= 11 is 0. The molecule has 1 atom stereocenters. The van der Waals surface area contributed by atoms with Crippen LogP contribution < -0.4 is 5.59 Å². The van der Waals surface area contributed by atoms with Crippen molar-refractivity contribution in [1.82, 2.24) is 9.78 Å². The van der Waals surface area contributed by atoms with Crippen LogP contribution in [0.25, 0.3) is 0 Å². The van der Waals surface area contributed by atoms with Crippen molar-refractivity contribution in [3.63, 3.8) is 0 Å². The van der Waals surface area contributed by atoms with E-state index < -0.39 is 13.1 Å². The van der Waals surface area contributed by atoms with E-state index in [4.69, 9.17) is 9.47 Å². The second-order valence-corrected chi connectivity index (χ2v) is 4.31. The highest BCUT2D eigenvalue weighted by Gasteiger charge is 2.28. The lowest BCUT2D eigenvalue weighted by Crippen LogP contribution is -2.39. The number of hydrogen-bond acceptors (Lipinski definition) is 6. The lowest BCUT2D eigenvalue weighted by Gasteiger charge is -2.24. The van der Waals surface area contributed by atoms with Gasteiger partial charge in [-0.1, -0.05) is 0 Å². The van der Waals surface area contributed by atoms with Crippen molar-refractivity contribution in [2.24, 2.45) is 0 Å². The van der Waals surface area contributed by atoms with Gasteiger partial charge in [0.15, 0.2) is 5.69 Å². The van der Waals surface area contributed by atoms with Gasteiger partial charge in [-0.3, -0.25) is 0 Å².